The molecule has 1 atom stereocenters. The van der Waals surface area contributed by atoms with Crippen molar-refractivity contribution in [3.63, 3.8) is 0 Å². The van der Waals surface area contributed by atoms with E-state index >= 15 is 0 Å². The van der Waals surface area contributed by atoms with E-state index in [1.807, 2.05) is 6.08 Å². The molecular weight excluding hydrogens is 238 g/mol. The van der Waals surface area contributed by atoms with Gasteiger partial charge >= 0.3 is 0 Å². The highest BCUT2D eigenvalue weighted by Gasteiger charge is 2.14. The van der Waals surface area contributed by atoms with Gasteiger partial charge in [0.2, 0.25) is 0 Å². The van der Waals surface area contributed by atoms with E-state index in [0.717, 1.165) is 45.0 Å². The fourth-order valence-corrected chi connectivity index (χ4v) is 2.21. The summed E-state index contributed by atoms with van der Waals surface area (Å²) in [6, 6.07) is 6.81. The summed E-state index contributed by atoms with van der Waals surface area (Å²) in [6.07, 6.45) is 3.82. The first-order valence-electron chi connectivity index (χ1n) is 6.99. The molecule has 0 bridgehead atoms. The standard InChI is InChI=1S/C16H23NO2/c1-3-4-9-18-11-8-17-13(2)14-5-6-16-15(12-14)7-10-19-16/h3,5-6,12-13,17H,1,4,7-11H2,2H3. The van der Waals surface area contributed by atoms with Crippen LogP contribution in [0.2, 0.25) is 0 Å². The van der Waals surface area contributed by atoms with Crippen molar-refractivity contribution >= 4 is 0 Å². The SMILES string of the molecule is C=CCCOCCNC(C)c1ccc2c(c1)CCO2. The highest BCUT2D eigenvalue weighted by molar-refractivity contribution is 5.40. The maximum Gasteiger partial charge on any atom is 0.122 e. The Balaban J connectivity index is 1.73. The van der Waals surface area contributed by atoms with Gasteiger partial charge in [0.25, 0.3) is 0 Å². The van der Waals surface area contributed by atoms with Crippen molar-refractivity contribution in [2.45, 2.75) is 25.8 Å². The number of benzene rings is 1. The molecule has 3 heteroatoms. The minimum atomic E-state index is 0.342. The molecule has 0 saturated carbocycles. The normalized spacial score (nSPS) is 14.8. The molecule has 0 radical (unpaired) electrons. The van der Waals surface area contributed by atoms with Gasteiger partial charge in [0.1, 0.15) is 5.75 Å². The maximum absolute atomic E-state index is 5.52. The Kier molecular flexibility index (Phi) is 5.43. The highest BCUT2D eigenvalue weighted by atomic mass is 16.5. The summed E-state index contributed by atoms with van der Waals surface area (Å²) in [4.78, 5) is 0. The van der Waals surface area contributed by atoms with Gasteiger partial charge < -0.3 is 14.8 Å². The van der Waals surface area contributed by atoms with Gasteiger partial charge in [-0.25, -0.2) is 0 Å². The van der Waals surface area contributed by atoms with Gasteiger partial charge in [-0.05, 0) is 30.5 Å². The lowest BCUT2D eigenvalue weighted by atomic mass is 10.0. The molecule has 3 nitrogen and oxygen atoms in total. The van der Waals surface area contributed by atoms with Crippen LogP contribution < -0.4 is 10.1 Å². The quantitative estimate of drug-likeness (QED) is 0.576. The molecule has 1 aliphatic heterocycles. The fourth-order valence-electron chi connectivity index (χ4n) is 2.21. The summed E-state index contributed by atoms with van der Waals surface area (Å²) in [7, 11) is 0. The van der Waals surface area contributed by atoms with Crippen LogP contribution in [0, 0.1) is 0 Å². The van der Waals surface area contributed by atoms with Gasteiger partial charge in [0.05, 0.1) is 19.8 Å². The Morgan fingerprint density at radius 1 is 1.47 bits per heavy atom. The lowest BCUT2D eigenvalue weighted by Gasteiger charge is -2.15. The second-order valence-electron chi connectivity index (χ2n) is 4.83. The smallest absolute Gasteiger partial charge is 0.122 e. The molecule has 1 aliphatic rings. The molecule has 0 spiro atoms. The van der Waals surface area contributed by atoms with Gasteiger partial charge in [0, 0.05) is 19.0 Å². The number of fused-ring (bicyclic) bond motifs is 1. The average molecular weight is 261 g/mol. The Bertz CT molecular complexity index is 417. The zero-order valence-corrected chi connectivity index (χ0v) is 11.7. The van der Waals surface area contributed by atoms with Crippen molar-refractivity contribution in [3.05, 3.63) is 42.0 Å². The summed E-state index contributed by atoms with van der Waals surface area (Å²) in [5.74, 6) is 1.05. The molecule has 1 N–H and O–H groups in total. The summed E-state index contributed by atoms with van der Waals surface area (Å²) >= 11 is 0. The zero-order chi connectivity index (χ0) is 13.5. The van der Waals surface area contributed by atoms with E-state index in [4.69, 9.17) is 9.47 Å². The Morgan fingerprint density at radius 2 is 2.37 bits per heavy atom. The van der Waals surface area contributed by atoms with Crippen molar-refractivity contribution in [1.82, 2.24) is 5.32 Å². The van der Waals surface area contributed by atoms with E-state index in [2.05, 4.69) is 37.0 Å². The average Bonchev–Trinajstić information content (AvgIpc) is 2.89. The molecule has 0 aliphatic carbocycles. The van der Waals surface area contributed by atoms with Crippen LogP contribution in [0.1, 0.15) is 30.5 Å². The molecule has 1 aromatic carbocycles. The van der Waals surface area contributed by atoms with E-state index in [1.165, 1.54) is 11.1 Å². The van der Waals surface area contributed by atoms with Crippen molar-refractivity contribution < 1.29 is 9.47 Å². The van der Waals surface area contributed by atoms with Crippen LogP contribution in [0.3, 0.4) is 0 Å². The summed E-state index contributed by atoms with van der Waals surface area (Å²) in [5.41, 5.74) is 2.64. The first kappa shape index (κ1) is 14.1. The number of hydrogen-bond acceptors (Lipinski definition) is 3. The molecule has 0 amide bonds. The fraction of sp³-hybridized carbons (Fsp3) is 0.500. The topological polar surface area (TPSA) is 30.5 Å². The van der Waals surface area contributed by atoms with Crippen LogP contribution in [0.25, 0.3) is 0 Å². The number of hydrogen-bond donors (Lipinski definition) is 1. The van der Waals surface area contributed by atoms with Crippen LogP contribution in [0.5, 0.6) is 5.75 Å². The van der Waals surface area contributed by atoms with Gasteiger partial charge in [-0.3, -0.25) is 0 Å². The third-order valence-corrected chi connectivity index (χ3v) is 3.38. The molecule has 1 unspecified atom stereocenters. The Hall–Kier alpha value is -1.32. The molecule has 0 aromatic heterocycles. The van der Waals surface area contributed by atoms with Gasteiger partial charge in [0.15, 0.2) is 0 Å². The highest BCUT2D eigenvalue weighted by Crippen LogP contribution is 2.27. The third-order valence-electron chi connectivity index (χ3n) is 3.38. The lowest BCUT2D eigenvalue weighted by Crippen LogP contribution is -2.23. The molecule has 19 heavy (non-hydrogen) atoms. The van der Waals surface area contributed by atoms with E-state index in [1.54, 1.807) is 0 Å². The third kappa shape index (κ3) is 4.08. The van der Waals surface area contributed by atoms with Crippen LogP contribution in [0.15, 0.2) is 30.9 Å². The summed E-state index contributed by atoms with van der Waals surface area (Å²) in [6.45, 7) is 9.04. The molecule has 1 aromatic rings. The Morgan fingerprint density at radius 3 is 3.21 bits per heavy atom. The molecule has 0 fully saturated rings. The largest absolute Gasteiger partial charge is 0.493 e. The number of nitrogens with one attached hydrogen (secondary N) is 1. The van der Waals surface area contributed by atoms with Crippen LogP contribution in [-0.4, -0.2) is 26.4 Å². The van der Waals surface area contributed by atoms with Crippen LogP contribution in [0.4, 0.5) is 0 Å². The van der Waals surface area contributed by atoms with Crippen molar-refractivity contribution in [2.75, 3.05) is 26.4 Å². The molecule has 1 heterocycles. The van der Waals surface area contributed by atoms with Crippen LogP contribution in [-0.2, 0) is 11.2 Å². The first-order valence-corrected chi connectivity index (χ1v) is 6.99. The maximum atomic E-state index is 5.52. The number of ether oxygens (including phenoxy) is 2. The van der Waals surface area contributed by atoms with E-state index in [9.17, 15) is 0 Å². The van der Waals surface area contributed by atoms with Crippen molar-refractivity contribution in [1.29, 1.82) is 0 Å². The Labute approximate surface area is 115 Å². The van der Waals surface area contributed by atoms with Gasteiger partial charge in [-0.1, -0.05) is 18.2 Å². The monoisotopic (exact) mass is 261 g/mol. The molecule has 0 saturated heterocycles. The van der Waals surface area contributed by atoms with E-state index in [0.29, 0.717) is 6.04 Å². The molecule has 104 valence electrons. The lowest BCUT2D eigenvalue weighted by molar-refractivity contribution is 0.138. The minimum Gasteiger partial charge on any atom is -0.493 e. The van der Waals surface area contributed by atoms with Crippen molar-refractivity contribution in [3.8, 4) is 5.75 Å². The molecular formula is C16H23NO2. The second-order valence-corrected chi connectivity index (χ2v) is 4.83. The molecule has 2 rings (SSSR count). The first-order chi connectivity index (χ1) is 9.31. The summed E-state index contributed by atoms with van der Waals surface area (Å²) < 4.78 is 11.0. The summed E-state index contributed by atoms with van der Waals surface area (Å²) in [5, 5.41) is 3.48. The van der Waals surface area contributed by atoms with E-state index in [-0.39, 0.29) is 0 Å². The van der Waals surface area contributed by atoms with E-state index < -0.39 is 0 Å². The predicted octanol–water partition coefficient (Wildman–Crippen LogP) is 2.86. The number of rotatable bonds is 8. The zero-order valence-electron chi connectivity index (χ0n) is 11.7. The van der Waals surface area contributed by atoms with Gasteiger partial charge in [-0.2, -0.15) is 0 Å². The predicted molar refractivity (Wildman–Crippen MR) is 77.7 cm³/mol. The minimum absolute atomic E-state index is 0.342. The van der Waals surface area contributed by atoms with Gasteiger partial charge in [-0.15, -0.1) is 6.58 Å². The van der Waals surface area contributed by atoms with Crippen molar-refractivity contribution in [2.24, 2.45) is 0 Å². The van der Waals surface area contributed by atoms with Crippen LogP contribution >= 0.6 is 0 Å². The second kappa shape index (κ2) is 7.31.